The zero-order valence-corrected chi connectivity index (χ0v) is 28.9. The van der Waals surface area contributed by atoms with Crippen molar-refractivity contribution in [2.75, 3.05) is 13.1 Å². The first-order chi connectivity index (χ1) is 21.9. The van der Waals surface area contributed by atoms with Gasteiger partial charge in [0.15, 0.2) is 23.3 Å². The zero-order chi connectivity index (χ0) is 36.5. The Morgan fingerprint density at radius 2 is 1.50 bits per heavy atom. The largest absolute Gasteiger partial charge is 0.459 e. The number of Topliss-reactive ketones (excluding diaryl/α,β-unsaturated/α-hetero) is 3. The van der Waals surface area contributed by atoms with Gasteiger partial charge in [-0.25, -0.2) is 0 Å². The first-order valence-corrected chi connectivity index (χ1v) is 15.7. The summed E-state index contributed by atoms with van der Waals surface area (Å²) in [6.45, 7) is 11.9. The van der Waals surface area contributed by atoms with Crippen molar-refractivity contribution in [2.45, 2.75) is 113 Å². The number of aliphatic imine (C=N–C) groups is 1. The summed E-state index contributed by atoms with van der Waals surface area (Å²) in [6.07, 6.45) is 4.43. The zero-order valence-electron chi connectivity index (χ0n) is 28.9. The maximum absolute atomic E-state index is 13.0. The molecule has 9 N–H and O–H groups in total. The summed E-state index contributed by atoms with van der Waals surface area (Å²) in [5.41, 5.74) is 16.2. The Labute approximate surface area is 285 Å². The minimum absolute atomic E-state index is 0. The third-order valence-corrected chi connectivity index (χ3v) is 6.60. The molecule has 0 spiro atoms. The van der Waals surface area contributed by atoms with E-state index in [1.165, 1.54) is 34.0 Å². The molecule has 4 atom stereocenters. The van der Waals surface area contributed by atoms with E-state index in [-0.39, 0.29) is 72.6 Å². The van der Waals surface area contributed by atoms with Gasteiger partial charge in [0, 0.05) is 38.3 Å². The van der Waals surface area contributed by atoms with E-state index >= 15 is 0 Å². The fourth-order valence-corrected chi connectivity index (χ4v) is 3.67. The summed E-state index contributed by atoms with van der Waals surface area (Å²) in [5.74, 6) is -2.09. The fraction of sp³-hybridized carbons (Fsp3) is 0.636. The Bertz CT molecular complexity index is 1160. The number of furan rings is 1. The number of unbranched alkanes of at least 4 members (excludes halogenated alkanes) is 1. The predicted octanol–water partition coefficient (Wildman–Crippen LogP) is 2.16. The van der Waals surface area contributed by atoms with Crippen molar-refractivity contribution in [3.63, 3.8) is 0 Å². The molecule has 15 heteroatoms. The Kier molecular flexibility index (Phi) is 27.5. The normalized spacial score (nSPS) is 12.3. The first-order valence-electron chi connectivity index (χ1n) is 15.7. The molecule has 1 aromatic rings. The molecule has 1 aromatic heterocycles. The van der Waals surface area contributed by atoms with Crippen molar-refractivity contribution in [1.82, 2.24) is 16.0 Å². The molecule has 1 rings (SSSR count). The number of rotatable bonds is 19. The lowest BCUT2D eigenvalue weighted by Crippen LogP contribution is -2.44. The lowest BCUT2D eigenvalue weighted by atomic mass is 9.91. The Morgan fingerprint density at radius 1 is 0.896 bits per heavy atom. The van der Waals surface area contributed by atoms with Gasteiger partial charge in [-0.2, -0.15) is 0 Å². The maximum atomic E-state index is 13.0. The summed E-state index contributed by atoms with van der Waals surface area (Å²) in [5, 5.41) is 7.98. The molecular weight excluding hydrogens is 622 g/mol. The molecule has 1 heterocycles. The number of carbonyl (C=O) groups excluding carboxylic acids is 7. The SMILES string of the molecule is C.CC(=O)N[C@@H](C)C(C)=O.CC(C)=O.CC[C@@H](C)C(=O)N[C@@H](CCCN=C(N)N)C(=O)C[C@@H](CCCCNC(=O)c1ccco1)C(N)=O. The van der Waals surface area contributed by atoms with Gasteiger partial charge in [0.1, 0.15) is 5.78 Å². The number of hydrogen-bond acceptors (Lipinski definition) is 9. The average molecular weight is 682 g/mol. The number of carbonyl (C=O) groups is 7. The van der Waals surface area contributed by atoms with Gasteiger partial charge in [-0.05, 0) is 71.9 Å². The highest BCUT2D eigenvalue weighted by Gasteiger charge is 2.27. The molecule has 0 saturated heterocycles. The molecule has 0 radical (unpaired) electrons. The molecule has 0 bridgehead atoms. The highest BCUT2D eigenvalue weighted by molar-refractivity contribution is 5.93. The van der Waals surface area contributed by atoms with Crippen LogP contribution in [-0.4, -0.2) is 72.1 Å². The highest BCUT2D eigenvalue weighted by Crippen LogP contribution is 2.16. The van der Waals surface area contributed by atoms with E-state index in [4.69, 9.17) is 21.6 Å². The van der Waals surface area contributed by atoms with Gasteiger partial charge in [0.05, 0.1) is 18.3 Å². The van der Waals surface area contributed by atoms with E-state index in [2.05, 4.69) is 20.9 Å². The van der Waals surface area contributed by atoms with Gasteiger partial charge in [-0.1, -0.05) is 27.7 Å². The second-order valence-electron chi connectivity index (χ2n) is 11.3. The molecule has 0 saturated carbocycles. The van der Waals surface area contributed by atoms with Crippen LogP contribution in [0.1, 0.15) is 111 Å². The number of primary amides is 1. The third kappa shape index (κ3) is 25.6. The van der Waals surface area contributed by atoms with E-state index in [0.29, 0.717) is 51.6 Å². The minimum Gasteiger partial charge on any atom is -0.459 e. The maximum Gasteiger partial charge on any atom is 0.286 e. The molecule has 0 aromatic carbocycles. The first kappa shape index (κ1) is 47.8. The smallest absolute Gasteiger partial charge is 0.286 e. The third-order valence-electron chi connectivity index (χ3n) is 6.60. The predicted molar refractivity (Wildman–Crippen MR) is 186 cm³/mol. The number of hydrogen-bond donors (Lipinski definition) is 6. The monoisotopic (exact) mass is 681 g/mol. The van der Waals surface area contributed by atoms with Gasteiger partial charge in [0.2, 0.25) is 17.7 Å². The van der Waals surface area contributed by atoms with E-state index in [9.17, 15) is 33.6 Å². The molecule has 274 valence electrons. The van der Waals surface area contributed by atoms with Gasteiger partial charge in [-0.3, -0.25) is 33.8 Å². The topological polar surface area (TPSA) is 259 Å². The summed E-state index contributed by atoms with van der Waals surface area (Å²) >= 11 is 0. The molecule has 0 aliphatic carbocycles. The van der Waals surface area contributed by atoms with Gasteiger partial charge in [0.25, 0.3) is 5.91 Å². The molecule has 48 heavy (non-hydrogen) atoms. The van der Waals surface area contributed by atoms with Gasteiger partial charge in [-0.15, -0.1) is 0 Å². The summed E-state index contributed by atoms with van der Waals surface area (Å²) in [7, 11) is 0. The number of amides is 4. The van der Waals surface area contributed by atoms with Gasteiger partial charge < -0.3 is 42.4 Å². The Hall–Kier alpha value is -4.56. The van der Waals surface area contributed by atoms with E-state index in [1.54, 1.807) is 26.0 Å². The summed E-state index contributed by atoms with van der Waals surface area (Å²) in [6, 6.07) is 2.10. The van der Waals surface area contributed by atoms with Crippen molar-refractivity contribution in [3.8, 4) is 0 Å². The number of ketones is 3. The van der Waals surface area contributed by atoms with Crippen LogP contribution in [0.3, 0.4) is 0 Å². The van der Waals surface area contributed by atoms with Crippen molar-refractivity contribution in [3.05, 3.63) is 24.2 Å². The van der Waals surface area contributed by atoms with Crippen LogP contribution in [0.5, 0.6) is 0 Å². The molecule has 0 aliphatic rings. The molecule has 0 aliphatic heterocycles. The van der Waals surface area contributed by atoms with Crippen molar-refractivity contribution in [1.29, 1.82) is 0 Å². The van der Waals surface area contributed by atoms with Crippen LogP contribution in [0, 0.1) is 11.8 Å². The highest BCUT2D eigenvalue weighted by atomic mass is 16.3. The average Bonchev–Trinajstić information content (AvgIpc) is 3.52. The van der Waals surface area contributed by atoms with Crippen LogP contribution in [-0.2, 0) is 28.8 Å². The summed E-state index contributed by atoms with van der Waals surface area (Å²) < 4.78 is 5.02. The van der Waals surface area contributed by atoms with Gasteiger partial charge >= 0.3 is 0 Å². The Morgan fingerprint density at radius 3 is 1.94 bits per heavy atom. The van der Waals surface area contributed by atoms with Crippen molar-refractivity contribution in [2.24, 2.45) is 34.0 Å². The lowest BCUT2D eigenvalue weighted by molar-refractivity contribution is -0.132. The Balaban J connectivity index is -0.00000122. The van der Waals surface area contributed by atoms with Crippen LogP contribution in [0.4, 0.5) is 0 Å². The van der Waals surface area contributed by atoms with E-state index < -0.39 is 17.9 Å². The second kappa shape index (κ2) is 27.5. The summed E-state index contributed by atoms with van der Waals surface area (Å²) in [4.78, 5) is 83.2. The number of nitrogens with one attached hydrogen (secondary N) is 3. The van der Waals surface area contributed by atoms with Crippen LogP contribution in [0.15, 0.2) is 27.8 Å². The molecule has 0 unspecified atom stereocenters. The second-order valence-corrected chi connectivity index (χ2v) is 11.3. The number of guanidine groups is 1. The molecule has 15 nitrogen and oxygen atoms in total. The lowest BCUT2D eigenvalue weighted by Gasteiger charge is -2.21. The van der Waals surface area contributed by atoms with Crippen molar-refractivity contribution >= 4 is 46.9 Å². The minimum atomic E-state index is -0.745. The van der Waals surface area contributed by atoms with E-state index in [1.807, 2.05) is 6.92 Å². The van der Waals surface area contributed by atoms with Crippen LogP contribution < -0.4 is 33.2 Å². The fourth-order valence-electron chi connectivity index (χ4n) is 3.67. The number of nitrogens with two attached hydrogens (primary N) is 3. The van der Waals surface area contributed by atoms with Crippen LogP contribution in [0.25, 0.3) is 0 Å². The quantitative estimate of drug-likeness (QED) is 0.0704. The van der Waals surface area contributed by atoms with Crippen LogP contribution in [0.2, 0.25) is 0 Å². The standard InChI is InChI=1S/C23H38N6O5.C6H11NO2.C3H6O.CH4/c1-3-15(2)21(32)29-17(9-6-12-28-23(25)26)18(30)14-16(20(24)31)8-4-5-11-27-22(33)19-10-7-13-34-19;1-4(5(2)8)7-6(3)9;1-3(2)4;/h7,10,13,15-17H,3-6,8-9,11-12,14H2,1-2H3,(H2,24,31)(H,27,33)(H,29,32)(H4,25,26,28);4H,1-3H3,(H,7,9);1-2H3;1H4/t15-,16-,17+;4-;;/m10../s1. The van der Waals surface area contributed by atoms with Crippen molar-refractivity contribution < 1.29 is 38.0 Å². The molecule has 4 amide bonds. The molecular formula is C33H59N7O8. The molecule has 0 fully saturated rings. The van der Waals surface area contributed by atoms with Crippen LogP contribution >= 0.6 is 0 Å². The van der Waals surface area contributed by atoms with E-state index in [0.717, 1.165) is 0 Å². The number of nitrogens with zero attached hydrogens (tertiary/aromatic N) is 1.